The number of rotatable bonds is 1. The maximum Gasteiger partial charge on any atom is 0 e. The summed E-state index contributed by atoms with van der Waals surface area (Å²) in [6.45, 7) is 9.44. The fraction of sp³-hybridized carbons (Fsp3) is 0. The first-order valence-electron chi connectivity index (χ1n) is 1.00. The molecule has 0 heterocycles. The molecule has 0 aliphatic rings. The van der Waals surface area contributed by atoms with E-state index in [1.807, 2.05) is 0 Å². The molecule has 0 saturated heterocycles. The Hall–Kier alpha value is 0.102. The Morgan fingerprint density at radius 2 is 1.17 bits per heavy atom. The van der Waals surface area contributed by atoms with Crippen molar-refractivity contribution in [3.8, 4) is 0 Å². The topological polar surface area (TPSA) is 31.5 Å². The second-order valence-corrected chi connectivity index (χ2v) is 0.385. The first-order valence-corrected chi connectivity index (χ1v) is 1.00. The van der Waals surface area contributed by atoms with Crippen LogP contribution in [0.3, 0.4) is 0 Å². The first-order chi connectivity index (χ1) is 1.91. The molecule has 1 nitrogen and oxygen atoms in total. The van der Waals surface area contributed by atoms with Gasteiger partial charge in [0.05, 0.1) is 0 Å². The van der Waals surface area contributed by atoms with Gasteiger partial charge in [0, 0.05) is 20.4 Å². The van der Waals surface area contributed by atoms with E-state index >= 15 is 0 Å². The predicted octanol–water partition coefficient (Wildman–Crippen LogP) is 0.138. The van der Waals surface area contributed by atoms with Crippen LogP contribution in [0.15, 0.2) is 12.2 Å². The fourth-order valence-corrected chi connectivity index (χ4v) is 0. The predicted molar refractivity (Wildman–Crippen MR) is 21.4 cm³/mol. The van der Waals surface area contributed by atoms with Gasteiger partial charge in [-0.1, -0.05) is 0 Å². The summed E-state index contributed by atoms with van der Waals surface area (Å²) in [4.78, 5) is 0. The zero-order chi connectivity index (χ0) is 3.41. The van der Waals surface area contributed by atoms with Gasteiger partial charge in [-0.2, -0.15) is 0 Å². The third-order valence-corrected chi connectivity index (χ3v) is 0.111. The monoisotopic (exact) mass is 257 g/mol. The molecule has 37 valence electrons. The molecule has 0 aromatic rings. The summed E-state index contributed by atoms with van der Waals surface area (Å²) in [5.41, 5.74) is 0. The normalized spacial score (nSPS) is 3.33. The van der Waals surface area contributed by atoms with Crippen LogP contribution < -0.4 is 0 Å². The molecule has 0 unspecified atom stereocenters. The van der Waals surface area contributed by atoms with E-state index in [9.17, 15) is 0 Å². The number of hydrogen-bond donors (Lipinski definition) is 0. The molecular formula is C4H6ORe-2. The van der Waals surface area contributed by atoms with Crippen molar-refractivity contribution in [1.82, 2.24) is 0 Å². The molecule has 0 bridgehead atoms. The van der Waals surface area contributed by atoms with E-state index in [0.717, 1.165) is 0 Å². The van der Waals surface area contributed by atoms with E-state index in [-0.39, 0.29) is 25.9 Å². The molecule has 2 heteroatoms. The van der Waals surface area contributed by atoms with Crippen LogP contribution in [0, 0.1) is 13.2 Å². The molecule has 0 spiro atoms. The second-order valence-electron chi connectivity index (χ2n) is 0.385. The Labute approximate surface area is 51.7 Å². The van der Waals surface area contributed by atoms with Crippen molar-refractivity contribution in [3.05, 3.63) is 25.3 Å². The van der Waals surface area contributed by atoms with Crippen molar-refractivity contribution in [3.63, 3.8) is 0 Å². The third-order valence-electron chi connectivity index (χ3n) is 0.111. The summed E-state index contributed by atoms with van der Waals surface area (Å²) in [5, 5.41) is 0. The Morgan fingerprint density at radius 1 is 1.00 bits per heavy atom. The zero-order valence-corrected chi connectivity index (χ0v) is 5.90. The van der Waals surface area contributed by atoms with Crippen LogP contribution in [0.4, 0.5) is 0 Å². The van der Waals surface area contributed by atoms with E-state index in [4.69, 9.17) is 13.2 Å². The minimum Gasteiger partial charge on any atom is -0.412 e. The summed E-state index contributed by atoms with van der Waals surface area (Å²) in [5.74, 6) is 0. The van der Waals surface area contributed by atoms with Crippen molar-refractivity contribution in [2.45, 2.75) is 0 Å². The van der Waals surface area contributed by atoms with Crippen LogP contribution in [-0.2, 0) is 20.4 Å². The van der Waals surface area contributed by atoms with Gasteiger partial charge in [-0.15, -0.1) is 0 Å². The molecule has 0 amide bonds. The van der Waals surface area contributed by atoms with Crippen LogP contribution in [-0.4, -0.2) is 5.48 Å². The Bertz CT molecular complexity index is 28.5. The van der Waals surface area contributed by atoms with Gasteiger partial charge in [-0.25, -0.2) is 0 Å². The minimum atomic E-state index is 0. The van der Waals surface area contributed by atoms with E-state index in [1.165, 1.54) is 12.2 Å². The van der Waals surface area contributed by atoms with Crippen LogP contribution in [0.2, 0.25) is 0 Å². The molecule has 0 fully saturated rings. The molecule has 0 aromatic carbocycles. The minimum absolute atomic E-state index is 0. The van der Waals surface area contributed by atoms with Crippen LogP contribution >= 0.6 is 0 Å². The van der Waals surface area contributed by atoms with E-state index in [2.05, 4.69) is 0 Å². The van der Waals surface area contributed by atoms with Gasteiger partial charge >= 0.3 is 0 Å². The van der Waals surface area contributed by atoms with Crippen molar-refractivity contribution >= 4 is 0 Å². The molecule has 1 radical (unpaired) electrons. The van der Waals surface area contributed by atoms with Crippen molar-refractivity contribution < 1.29 is 25.9 Å². The fourth-order valence-electron chi connectivity index (χ4n) is 0. The summed E-state index contributed by atoms with van der Waals surface area (Å²) in [6, 6.07) is 0. The SMILES string of the molecule is O.[CH-]=CC=[CH-].[Re]. The summed E-state index contributed by atoms with van der Waals surface area (Å²) >= 11 is 0. The second kappa shape index (κ2) is 19.4. The largest absolute Gasteiger partial charge is 0.412 e. The standard InChI is InChI=1S/C4H4.H2O.Re/c1-3-4-2;;/h1-4H;1H2;/q-2;;. The van der Waals surface area contributed by atoms with E-state index in [0.29, 0.717) is 0 Å². The molecule has 2 N–H and O–H groups in total. The summed E-state index contributed by atoms with van der Waals surface area (Å²) in [6.07, 6.45) is 2.56. The van der Waals surface area contributed by atoms with Gasteiger partial charge in [0.25, 0.3) is 0 Å². The van der Waals surface area contributed by atoms with Crippen LogP contribution in [0.25, 0.3) is 0 Å². The van der Waals surface area contributed by atoms with Crippen molar-refractivity contribution in [2.75, 3.05) is 0 Å². The summed E-state index contributed by atoms with van der Waals surface area (Å²) < 4.78 is 0. The smallest absolute Gasteiger partial charge is 0 e. The molecular weight excluding hydrogens is 250 g/mol. The molecule has 0 aromatic heterocycles. The van der Waals surface area contributed by atoms with Gasteiger partial charge in [-0.05, 0) is 0 Å². The van der Waals surface area contributed by atoms with Gasteiger partial charge in [0.2, 0.25) is 0 Å². The Morgan fingerprint density at radius 3 is 1.17 bits per heavy atom. The molecule has 0 aliphatic heterocycles. The first kappa shape index (κ1) is 16.5. The Kier molecular flexibility index (Phi) is 53.4. The molecule has 0 rings (SSSR count). The third kappa shape index (κ3) is 32.5. The van der Waals surface area contributed by atoms with Crippen LogP contribution in [0.1, 0.15) is 0 Å². The number of allylic oxidation sites excluding steroid dienone is 2. The van der Waals surface area contributed by atoms with E-state index in [1.54, 1.807) is 0 Å². The van der Waals surface area contributed by atoms with Gasteiger partial charge < -0.3 is 30.8 Å². The molecule has 0 aliphatic carbocycles. The Balaban J connectivity index is -0.0000000450. The molecule has 6 heavy (non-hydrogen) atoms. The molecule has 0 saturated carbocycles. The van der Waals surface area contributed by atoms with Gasteiger partial charge in [0.15, 0.2) is 0 Å². The maximum absolute atomic E-state index is 4.72. The zero-order valence-electron chi connectivity index (χ0n) is 3.19. The maximum atomic E-state index is 4.72. The average molecular weight is 256 g/mol. The van der Waals surface area contributed by atoms with Gasteiger partial charge in [0.1, 0.15) is 0 Å². The quantitative estimate of drug-likeness (QED) is 0.472. The average Bonchev–Trinajstić information content (AvgIpc) is 1.37. The van der Waals surface area contributed by atoms with Crippen molar-refractivity contribution in [1.29, 1.82) is 0 Å². The summed E-state index contributed by atoms with van der Waals surface area (Å²) in [7, 11) is 0. The number of hydrogen-bond acceptors (Lipinski definition) is 0. The van der Waals surface area contributed by atoms with Crippen LogP contribution in [0.5, 0.6) is 0 Å². The van der Waals surface area contributed by atoms with Gasteiger partial charge in [-0.3, -0.25) is 0 Å². The van der Waals surface area contributed by atoms with E-state index < -0.39 is 0 Å². The molecule has 0 atom stereocenters. The van der Waals surface area contributed by atoms with Crippen molar-refractivity contribution in [2.24, 2.45) is 0 Å².